The lowest BCUT2D eigenvalue weighted by Gasteiger charge is -2.09. The molecule has 13 heavy (non-hydrogen) atoms. The van der Waals surface area contributed by atoms with Gasteiger partial charge in [0, 0.05) is 13.0 Å². The van der Waals surface area contributed by atoms with Crippen molar-refractivity contribution in [2.45, 2.75) is 19.8 Å². The highest BCUT2D eigenvalue weighted by molar-refractivity contribution is 5.99. The summed E-state index contributed by atoms with van der Waals surface area (Å²) in [5.41, 5.74) is 0. The minimum absolute atomic E-state index is 0.0593. The van der Waals surface area contributed by atoms with E-state index in [0.717, 1.165) is 0 Å². The molecule has 1 aliphatic rings. The molecule has 0 amide bonds. The van der Waals surface area contributed by atoms with Crippen LogP contribution in [0, 0.1) is 5.92 Å². The molecule has 0 aromatic heterocycles. The van der Waals surface area contributed by atoms with Crippen molar-refractivity contribution < 1.29 is 19.1 Å². The second kappa shape index (κ2) is 4.97. The van der Waals surface area contributed by atoms with Gasteiger partial charge in [-0.25, -0.2) is 0 Å². The summed E-state index contributed by atoms with van der Waals surface area (Å²) in [5, 5.41) is 0. The monoisotopic (exact) mass is 186 g/mol. The van der Waals surface area contributed by atoms with Gasteiger partial charge in [-0.2, -0.15) is 0 Å². The molecule has 0 bridgehead atoms. The van der Waals surface area contributed by atoms with Gasteiger partial charge in [0.1, 0.15) is 11.7 Å². The van der Waals surface area contributed by atoms with Crippen LogP contribution in [0.2, 0.25) is 0 Å². The van der Waals surface area contributed by atoms with Gasteiger partial charge in [0.05, 0.1) is 13.2 Å². The van der Waals surface area contributed by atoms with Crippen LogP contribution < -0.4 is 0 Å². The molecule has 0 unspecified atom stereocenters. The molecule has 74 valence electrons. The van der Waals surface area contributed by atoms with Crippen LogP contribution in [0.3, 0.4) is 0 Å². The maximum atomic E-state index is 11.3. The van der Waals surface area contributed by atoms with Crippen molar-refractivity contribution in [1.29, 1.82) is 0 Å². The van der Waals surface area contributed by atoms with Crippen LogP contribution in [0.25, 0.3) is 0 Å². The first kappa shape index (κ1) is 10.2. The number of ether oxygens (including phenoxy) is 2. The van der Waals surface area contributed by atoms with E-state index in [1.165, 1.54) is 0 Å². The van der Waals surface area contributed by atoms with Crippen LogP contribution in [-0.2, 0) is 19.1 Å². The first-order chi connectivity index (χ1) is 6.25. The molecule has 4 nitrogen and oxygen atoms in total. The van der Waals surface area contributed by atoms with Gasteiger partial charge in [-0.15, -0.1) is 0 Å². The molecule has 1 atom stereocenters. The second-order valence-corrected chi connectivity index (χ2v) is 2.92. The molecule has 0 aliphatic carbocycles. The summed E-state index contributed by atoms with van der Waals surface area (Å²) in [6, 6.07) is 0. The van der Waals surface area contributed by atoms with Crippen molar-refractivity contribution in [3.8, 4) is 0 Å². The number of Topliss-reactive ketones (excluding diaryl/α,β-unsaturated/α-hetero) is 1. The van der Waals surface area contributed by atoms with E-state index in [1.807, 2.05) is 0 Å². The first-order valence-electron chi connectivity index (χ1n) is 4.52. The van der Waals surface area contributed by atoms with Gasteiger partial charge in [0.15, 0.2) is 0 Å². The van der Waals surface area contributed by atoms with E-state index in [4.69, 9.17) is 9.47 Å². The van der Waals surface area contributed by atoms with Crippen LogP contribution in [0.15, 0.2) is 0 Å². The van der Waals surface area contributed by atoms with Gasteiger partial charge in [0.25, 0.3) is 0 Å². The lowest BCUT2D eigenvalue weighted by Crippen LogP contribution is -2.25. The molecule has 1 fully saturated rings. The SMILES string of the molecule is CCOC(=O)[C@@H]1CCOCCC1=O. The maximum absolute atomic E-state index is 11.3. The third-order valence-electron chi connectivity index (χ3n) is 2.00. The van der Waals surface area contributed by atoms with Crippen LogP contribution in [0.1, 0.15) is 19.8 Å². The normalized spacial score (nSPS) is 23.8. The van der Waals surface area contributed by atoms with Gasteiger partial charge < -0.3 is 9.47 Å². The Kier molecular flexibility index (Phi) is 3.89. The summed E-state index contributed by atoms with van der Waals surface area (Å²) < 4.78 is 9.89. The van der Waals surface area contributed by atoms with E-state index in [-0.39, 0.29) is 5.78 Å². The highest BCUT2D eigenvalue weighted by Crippen LogP contribution is 2.13. The van der Waals surface area contributed by atoms with Crippen LogP contribution in [0.5, 0.6) is 0 Å². The fourth-order valence-corrected chi connectivity index (χ4v) is 1.30. The summed E-state index contributed by atoms with van der Waals surface area (Å²) >= 11 is 0. The molecule has 1 heterocycles. The zero-order valence-corrected chi connectivity index (χ0v) is 7.75. The summed E-state index contributed by atoms with van der Waals surface area (Å²) in [7, 11) is 0. The Labute approximate surface area is 77.2 Å². The zero-order chi connectivity index (χ0) is 9.68. The van der Waals surface area contributed by atoms with Gasteiger partial charge in [0.2, 0.25) is 0 Å². The smallest absolute Gasteiger partial charge is 0.316 e. The number of carbonyl (C=O) groups is 2. The number of ketones is 1. The molecule has 0 radical (unpaired) electrons. The van der Waals surface area contributed by atoms with Gasteiger partial charge in [-0.05, 0) is 13.3 Å². The molecule has 1 rings (SSSR count). The Morgan fingerprint density at radius 3 is 3.08 bits per heavy atom. The molecule has 0 N–H and O–H groups in total. The Hall–Kier alpha value is -0.900. The van der Waals surface area contributed by atoms with E-state index in [2.05, 4.69) is 0 Å². The van der Waals surface area contributed by atoms with Crippen molar-refractivity contribution in [3.05, 3.63) is 0 Å². The van der Waals surface area contributed by atoms with Crippen molar-refractivity contribution in [2.75, 3.05) is 19.8 Å². The summed E-state index contributed by atoms with van der Waals surface area (Å²) in [6.07, 6.45) is 0.779. The van der Waals surface area contributed by atoms with Crippen molar-refractivity contribution in [1.82, 2.24) is 0 Å². The quantitative estimate of drug-likeness (QED) is 0.466. The molecule has 0 spiro atoms. The minimum Gasteiger partial charge on any atom is -0.465 e. The Balaban J connectivity index is 2.53. The Morgan fingerprint density at radius 1 is 1.62 bits per heavy atom. The second-order valence-electron chi connectivity index (χ2n) is 2.92. The standard InChI is InChI=1S/C9H14O4/c1-2-13-9(11)7-3-5-12-6-4-8(7)10/h7H,2-6H2,1H3/t7-/m1/s1. The van der Waals surface area contributed by atoms with Crippen LogP contribution in [0.4, 0.5) is 0 Å². The van der Waals surface area contributed by atoms with Crippen LogP contribution >= 0.6 is 0 Å². The molecule has 4 heteroatoms. The minimum atomic E-state index is -0.595. The van der Waals surface area contributed by atoms with E-state index >= 15 is 0 Å². The van der Waals surface area contributed by atoms with Crippen molar-refractivity contribution in [3.63, 3.8) is 0 Å². The number of rotatable bonds is 2. The Morgan fingerprint density at radius 2 is 2.38 bits per heavy atom. The number of carbonyl (C=O) groups excluding carboxylic acids is 2. The summed E-state index contributed by atoms with van der Waals surface area (Å²) in [6.45, 7) is 2.95. The highest BCUT2D eigenvalue weighted by Gasteiger charge is 2.28. The lowest BCUT2D eigenvalue weighted by molar-refractivity contribution is -0.151. The molecule has 1 aliphatic heterocycles. The van der Waals surface area contributed by atoms with Crippen LogP contribution in [-0.4, -0.2) is 31.6 Å². The van der Waals surface area contributed by atoms with Gasteiger partial charge >= 0.3 is 5.97 Å². The molecular formula is C9H14O4. The van der Waals surface area contributed by atoms with E-state index in [9.17, 15) is 9.59 Å². The van der Waals surface area contributed by atoms with Crippen molar-refractivity contribution in [2.24, 2.45) is 5.92 Å². The van der Waals surface area contributed by atoms with Gasteiger partial charge in [-0.1, -0.05) is 0 Å². The fraction of sp³-hybridized carbons (Fsp3) is 0.778. The van der Waals surface area contributed by atoms with Crippen molar-refractivity contribution >= 4 is 11.8 Å². The number of hydrogen-bond donors (Lipinski definition) is 0. The van der Waals surface area contributed by atoms with Gasteiger partial charge in [-0.3, -0.25) is 9.59 Å². The molecule has 0 aromatic rings. The lowest BCUT2D eigenvalue weighted by atomic mass is 10.00. The molecule has 0 aromatic carbocycles. The molecule has 1 saturated heterocycles. The molecule has 0 saturated carbocycles. The largest absolute Gasteiger partial charge is 0.465 e. The van der Waals surface area contributed by atoms with E-state index < -0.39 is 11.9 Å². The summed E-state index contributed by atoms with van der Waals surface area (Å²) in [4.78, 5) is 22.6. The Bertz CT molecular complexity index is 200. The average Bonchev–Trinajstić information content (AvgIpc) is 2.30. The highest BCUT2D eigenvalue weighted by atomic mass is 16.5. The number of hydrogen-bond acceptors (Lipinski definition) is 4. The first-order valence-corrected chi connectivity index (χ1v) is 4.52. The fourth-order valence-electron chi connectivity index (χ4n) is 1.30. The van der Waals surface area contributed by atoms with E-state index in [1.54, 1.807) is 6.92 Å². The van der Waals surface area contributed by atoms with E-state index in [0.29, 0.717) is 32.7 Å². The molecular weight excluding hydrogens is 172 g/mol. The predicted octanol–water partition coefficient (Wildman–Crippen LogP) is 0.545. The predicted molar refractivity (Wildman–Crippen MR) is 45.2 cm³/mol. The maximum Gasteiger partial charge on any atom is 0.316 e. The zero-order valence-electron chi connectivity index (χ0n) is 7.75. The summed E-state index contributed by atoms with van der Waals surface area (Å²) in [5.74, 6) is -1.06. The third-order valence-corrected chi connectivity index (χ3v) is 2.00. The average molecular weight is 186 g/mol. The topological polar surface area (TPSA) is 52.6 Å². The third kappa shape index (κ3) is 2.81. The number of esters is 1.